The van der Waals surface area contributed by atoms with Crippen molar-refractivity contribution in [1.82, 2.24) is 10.6 Å². The number of hydrogen-bond donors (Lipinski definition) is 4. The summed E-state index contributed by atoms with van der Waals surface area (Å²) < 4.78 is 5.13. The highest BCUT2D eigenvalue weighted by atomic mass is 16.4. The van der Waals surface area contributed by atoms with Crippen LogP contribution in [0.5, 0.6) is 0 Å². The Bertz CT molecular complexity index is 443. The van der Waals surface area contributed by atoms with E-state index in [2.05, 4.69) is 10.6 Å². The fourth-order valence-corrected chi connectivity index (χ4v) is 2.46. The Balaban J connectivity index is 2.32. The van der Waals surface area contributed by atoms with E-state index in [0.717, 1.165) is 0 Å². The number of urea groups is 1. The second-order valence-electron chi connectivity index (χ2n) is 6.71. The standard InChI is InChI=1S/C16H28N2O4/c1-11(8-13(20)14-6-5-7-22-14)18-15(21)17-10-16(3,4)9-12(2)19/h5-7,11-13,19-20H,8-10H2,1-4H3,(H2,17,18,21). The molecule has 0 spiro atoms. The Morgan fingerprint density at radius 2 is 2.05 bits per heavy atom. The molecule has 0 aromatic carbocycles. The van der Waals surface area contributed by atoms with Gasteiger partial charge in [0.1, 0.15) is 11.9 Å². The largest absolute Gasteiger partial charge is 0.467 e. The summed E-state index contributed by atoms with van der Waals surface area (Å²) in [6.07, 6.45) is 1.35. The van der Waals surface area contributed by atoms with Crippen molar-refractivity contribution in [2.75, 3.05) is 6.54 Å². The van der Waals surface area contributed by atoms with E-state index in [1.54, 1.807) is 19.1 Å². The van der Waals surface area contributed by atoms with Crippen molar-refractivity contribution in [1.29, 1.82) is 0 Å². The van der Waals surface area contributed by atoms with Crippen LogP contribution in [0.3, 0.4) is 0 Å². The minimum atomic E-state index is -0.739. The summed E-state index contributed by atoms with van der Waals surface area (Å²) in [4.78, 5) is 11.9. The monoisotopic (exact) mass is 312 g/mol. The highest BCUT2D eigenvalue weighted by Crippen LogP contribution is 2.21. The first kappa shape index (κ1) is 18.5. The van der Waals surface area contributed by atoms with E-state index in [1.807, 2.05) is 20.8 Å². The third kappa shape index (κ3) is 6.95. The SMILES string of the molecule is CC(O)CC(C)(C)CNC(=O)NC(C)CC(O)c1ccco1. The predicted octanol–water partition coefficient (Wildman–Crippen LogP) is 2.19. The number of nitrogens with one attached hydrogen (secondary N) is 2. The third-order valence-electron chi connectivity index (χ3n) is 3.40. The molecule has 0 saturated carbocycles. The van der Waals surface area contributed by atoms with Gasteiger partial charge < -0.3 is 25.3 Å². The number of amides is 2. The van der Waals surface area contributed by atoms with Gasteiger partial charge in [-0.05, 0) is 37.8 Å². The molecule has 0 fully saturated rings. The molecule has 3 atom stereocenters. The lowest BCUT2D eigenvalue weighted by atomic mass is 9.87. The van der Waals surface area contributed by atoms with Crippen LogP contribution in [0.2, 0.25) is 0 Å². The van der Waals surface area contributed by atoms with Crippen molar-refractivity contribution in [2.24, 2.45) is 5.41 Å². The molecule has 0 aliphatic carbocycles. The Kier molecular flexibility index (Phi) is 6.90. The van der Waals surface area contributed by atoms with Gasteiger partial charge in [0.15, 0.2) is 0 Å². The van der Waals surface area contributed by atoms with Gasteiger partial charge in [-0.1, -0.05) is 13.8 Å². The predicted molar refractivity (Wildman–Crippen MR) is 84.4 cm³/mol. The normalized spacial score (nSPS) is 15.9. The van der Waals surface area contributed by atoms with Crippen LogP contribution in [0, 0.1) is 5.41 Å². The number of carbonyl (C=O) groups excluding carboxylic acids is 1. The number of rotatable bonds is 8. The molecule has 1 aromatic heterocycles. The molecule has 126 valence electrons. The zero-order valence-electron chi connectivity index (χ0n) is 13.8. The van der Waals surface area contributed by atoms with E-state index in [1.165, 1.54) is 6.26 Å². The van der Waals surface area contributed by atoms with Crippen molar-refractivity contribution in [3.8, 4) is 0 Å². The first-order chi connectivity index (χ1) is 10.2. The summed E-state index contributed by atoms with van der Waals surface area (Å²) in [7, 11) is 0. The zero-order chi connectivity index (χ0) is 16.8. The maximum Gasteiger partial charge on any atom is 0.315 e. The van der Waals surface area contributed by atoms with Gasteiger partial charge in [0.05, 0.1) is 12.4 Å². The second-order valence-corrected chi connectivity index (χ2v) is 6.71. The topological polar surface area (TPSA) is 94.7 Å². The minimum absolute atomic E-state index is 0.178. The Morgan fingerprint density at radius 1 is 1.36 bits per heavy atom. The van der Waals surface area contributed by atoms with Crippen molar-refractivity contribution >= 4 is 6.03 Å². The molecule has 1 aromatic rings. The Hall–Kier alpha value is -1.53. The van der Waals surface area contributed by atoms with Gasteiger partial charge in [-0.15, -0.1) is 0 Å². The summed E-state index contributed by atoms with van der Waals surface area (Å²) in [5.41, 5.74) is -0.178. The van der Waals surface area contributed by atoms with E-state index in [-0.39, 0.29) is 17.5 Å². The zero-order valence-corrected chi connectivity index (χ0v) is 13.8. The molecule has 0 aliphatic heterocycles. The first-order valence-electron chi connectivity index (χ1n) is 7.63. The Morgan fingerprint density at radius 3 is 2.59 bits per heavy atom. The lowest BCUT2D eigenvalue weighted by molar-refractivity contribution is 0.125. The molecule has 0 bridgehead atoms. The highest BCUT2D eigenvalue weighted by Gasteiger charge is 2.22. The van der Waals surface area contributed by atoms with Crippen LogP contribution in [0.15, 0.2) is 22.8 Å². The molecular formula is C16H28N2O4. The molecule has 0 saturated heterocycles. The number of hydrogen-bond acceptors (Lipinski definition) is 4. The maximum atomic E-state index is 11.9. The fourth-order valence-electron chi connectivity index (χ4n) is 2.46. The van der Waals surface area contributed by atoms with Gasteiger partial charge in [0, 0.05) is 19.0 Å². The first-order valence-corrected chi connectivity index (χ1v) is 7.63. The van der Waals surface area contributed by atoms with E-state index in [4.69, 9.17) is 4.42 Å². The molecule has 4 N–H and O–H groups in total. The van der Waals surface area contributed by atoms with E-state index >= 15 is 0 Å². The molecule has 22 heavy (non-hydrogen) atoms. The van der Waals surface area contributed by atoms with Crippen LogP contribution >= 0.6 is 0 Å². The third-order valence-corrected chi connectivity index (χ3v) is 3.40. The van der Waals surface area contributed by atoms with Gasteiger partial charge in [-0.3, -0.25) is 0 Å². The van der Waals surface area contributed by atoms with Crippen molar-refractivity contribution in [3.05, 3.63) is 24.2 Å². The molecule has 6 nitrogen and oxygen atoms in total. The molecule has 1 heterocycles. The summed E-state index contributed by atoms with van der Waals surface area (Å²) >= 11 is 0. The second kappa shape index (κ2) is 8.19. The van der Waals surface area contributed by atoms with Gasteiger partial charge in [-0.25, -0.2) is 4.79 Å². The highest BCUT2D eigenvalue weighted by molar-refractivity contribution is 5.74. The van der Waals surface area contributed by atoms with Crippen LogP contribution < -0.4 is 10.6 Å². The average Bonchev–Trinajstić information content (AvgIpc) is 2.88. The number of carbonyl (C=O) groups is 1. The van der Waals surface area contributed by atoms with Crippen LogP contribution in [-0.2, 0) is 0 Å². The Labute approximate surface area is 131 Å². The summed E-state index contributed by atoms with van der Waals surface area (Å²) in [6, 6.07) is 2.95. The molecule has 0 aliphatic rings. The summed E-state index contributed by atoms with van der Waals surface area (Å²) in [6.45, 7) is 8.01. The molecule has 1 rings (SSSR count). The molecule has 3 unspecified atom stereocenters. The number of aliphatic hydroxyl groups excluding tert-OH is 2. The smallest absolute Gasteiger partial charge is 0.315 e. The summed E-state index contributed by atoms with van der Waals surface area (Å²) in [5, 5.41) is 25.0. The molecular weight excluding hydrogens is 284 g/mol. The fraction of sp³-hybridized carbons (Fsp3) is 0.688. The summed E-state index contributed by atoms with van der Waals surface area (Å²) in [5.74, 6) is 0.493. The van der Waals surface area contributed by atoms with Gasteiger partial charge in [0.25, 0.3) is 0 Å². The van der Waals surface area contributed by atoms with Crippen LogP contribution in [0.25, 0.3) is 0 Å². The van der Waals surface area contributed by atoms with Crippen LogP contribution in [0.4, 0.5) is 4.79 Å². The molecule has 2 amide bonds. The quantitative estimate of drug-likeness (QED) is 0.592. The van der Waals surface area contributed by atoms with Crippen LogP contribution in [-0.4, -0.2) is 34.9 Å². The lowest BCUT2D eigenvalue weighted by Gasteiger charge is -2.27. The lowest BCUT2D eigenvalue weighted by Crippen LogP contribution is -2.45. The van der Waals surface area contributed by atoms with Crippen molar-refractivity contribution < 1.29 is 19.4 Å². The average molecular weight is 312 g/mol. The minimum Gasteiger partial charge on any atom is -0.467 e. The van der Waals surface area contributed by atoms with E-state index in [9.17, 15) is 15.0 Å². The van der Waals surface area contributed by atoms with E-state index < -0.39 is 12.2 Å². The van der Waals surface area contributed by atoms with Gasteiger partial charge in [-0.2, -0.15) is 0 Å². The van der Waals surface area contributed by atoms with Crippen molar-refractivity contribution in [2.45, 2.75) is 58.8 Å². The van der Waals surface area contributed by atoms with E-state index in [0.29, 0.717) is 25.1 Å². The molecule has 0 radical (unpaired) electrons. The van der Waals surface area contributed by atoms with Crippen LogP contribution in [0.1, 0.15) is 52.4 Å². The molecule has 6 heteroatoms. The van der Waals surface area contributed by atoms with Gasteiger partial charge >= 0.3 is 6.03 Å². The van der Waals surface area contributed by atoms with Gasteiger partial charge in [0.2, 0.25) is 0 Å². The van der Waals surface area contributed by atoms with Crippen molar-refractivity contribution in [3.63, 3.8) is 0 Å². The number of aliphatic hydroxyl groups is 2. The maximum absolute atomic E-state index is 11.9. The number of furan rings is 1.